The first-order chi connectivity index (χ1) is 9.81. The lowest BCUT2D eigenvalue weighted by molar-refractivity contribution is 0.766. The molecule has 0 aromatic heterocycles. The third kappa shape index (κ3) is 10.8. The highest BCUT2D eigenvalue weighted by Crippen LogP contribution is 2.53. The van der Waals surface area contributed by atoms with Crippen molar-refractivity contribution in [2.45, 2.75) is 77.3 Å². The highest BCUT2D eigenvalue weighted by molar-refractivity contribution is 8.17. The Balaban J connectivity index is 3.73. The van der Waals surface area contributed by atoms with Crippen LogP contribution in [-0.4, -0.2) is 11.8 Å². The zero-order chi connectivity index (χ0) is 16.2. The average molecular weight is 322 g/mol. The SMILES string of the molecule is C=CCCCCC#CCCCCC#CP(C)(=S)C(C)(C)C. The van der Waals surface area contributed by atoms with Crippen LogP contribution in [0.4, 0.5) is 0 Å². The van der Waals surface area contributed by atoms with Crippen molar-refractivity contribution in [2.75, 3.05) is 6.66 Å². The van der Waals surface area contributed by atoms with Crippen LogP contribution in [0.15, 0.2) is 12.7 Å². The second-order valence-corrected chi connectivity index (χ2v) is 12.1. The molecule has 1 unspecified atom stereocenters. The molecule has 0 saturated carbocycles. The minimum atomic E-state index is -1.52. The van der Waals surface area contributed by atoms with E-state index in [9.17, 15) is 0 Å². The summed E-state index contributed by atoms with van der Waals surface area (Å²) < 4.78 is 0. The monoisotopic (exact) mass is 322 g/mol. The summed E-state index contributed by atoms with van der Waals surface area (Å²) >= 11 is 5.67. The second-order valence-electron chi connectivity index (χ2n) is 6.48. The fourth-order valence-electron chi connectivity index (χ4n) is 1.48. The highest BCUT2D eigenvalue weighted by atomic mass is 32.4. The first-order valence-electron chi connectivity index (χ1n) is 7.95. The normalized spacial score (nSPS) is 13.3. The molecule has 0 aliphatic rings. The third-order valence-electron chi connectivity index (χ3n) is 3.51. The molecule has 0 spiro atoms. The molecular formula is C19H31PS. The maximum Gasteiger partial charge on any atom is 0.0258 e. The summed E-state index contributed by atoms with van der Waals surface area (Å²) in [5.74, 6) is 9.80. The van der Waals surface area contributed by atoms with Crippen LogP contribution in [0, 0.1) is 23.4 Å². The molecule has 0 aromatic rings. The Morgan fingerprint density at radius 3 is 1.90 bits per heavy atom. The summed E-state index contributed by atoms with van der Waals surface area (Å²) in [6.45, 7) is 12.5. The van der Waals surface area contributed by atoms with Crippen LogP contribution in [0.5, 0.6) is 0 Å². The maximum atomic E-state index is 5.67. The largest absolute Gasteiger partial charge is 0.103 e. The molecule has 0 aromatic carbocycles. The Kier molecular flexibility index (Phi) is 10.9. The Morgan fingerprint density at radius 1 is 0.952 bits per heavy atom. The van der Waals surface area contributed by atoms with Gasteiger partial charge in [0.15, 0.2) is 0 Å². The van der Waals surface area contributed by atoms with E-state index in [1.807, 2.05) is 6.08 Å². The van der Waals surface area contributed by atoms with Gasteiger partial charge in [0.1, 0.15) is 0 Å². The first kappa shape index (κ1) is 20.5. The van der Waals surface area contributed by atoms with Crippen LogP contribution in [0.2, 0.25) is 0 Å². The van der Waals surface area contributed by atoms with Crippen LogP contribution in [-0.2, 0) is 11.8 Å². The number of unbranched alkanes of at least 4 members (excludes halogenated alkanes) is 6. The summed E-state index contributed by atoms with van der Waals surface area (Å²) in [6, 6.07) is -1.52. The lowest BCUT2D eigenvalue weighted by Crippen LogP contribution is -2.12. The van der Waals surface area contributed by atoms with Gasteiger partial charge in [-0.1, -0.05) is 50.2 Å². The molecule has 0 aliphatic carbocycles. The van der Waals surface area contributed by atoms with Gasteiger partial charge >= 0.3 is 0 Å². The molecule has 0 heterocycles. The van der Waals surface area contributed by atoms with Gasteiger partial charge in [-0.15, -0.1) is 18.4 Å². The van der Waals surface area contributed by atoms with Crippen LogP contribution in [0.25, 0.3) is 0 Å². The molecular weight excluding hydrogens is 291 g/mol. The Hall–Kier alpha value is -0.490. The van der Waals surface area contributed by atoms with Crippen molar-refractivity contribution < 1.29 is 0 Å². The fourth-order valence-corrected chi connectivity index (χ4v) is 2.42. The molecule has 0 N–H and O–H groups in total. The molecule has 0 amide bonds. The Labute approximate surface area is 138 Å². The summed E-state index contributed by atoms with van der Waals surface area (Å²) in [5.41, 5.74) is 3.36. The van der Waals surface area contributed by atoms with E-state index >= 15 is 0 Å². The molecule has 0 saturated heterocycles. The first-order valence-corrected chi connectivity index (χ1v) is 11.2. The highest BCUT2D eigenvalue weighted by Gasteiger charge is 2.24. The van der Waals surface area contributed by atoms with Gasteiger partial charge in [-0.2, -0.15) is 0 Å². The Morgan fingerprint density at radius 2 is 1.43 bits per heavy atom. The van der Waals surface area contributed by atoms with E-state index in [1.165, 1.54) is 12.8 Å². The van der Waals surface area contributed by atoms with Gasteiger partial charge in [-0.3, -0.25) is 0 Å². The molecule has 0 rings (SSSR count). The molecule has 2 heteroatoms. The van der Waals surface area contributed by atoms with E-state index in [4.69, 9.17) is 11.8 Å². The average Bonchev–Trinajstić information content (AvgIpc) is 2.38. The van der Waals surface area contributed by atoms with Gasteiger partial charge in [0, 0.05) is 30.5 Å². The molecule has 0 radical (unpaired) electrons. The van der Waals surface area contributed by atoms with Crippen LogP contribution >= 0.6 is 6.04 Å². The summed E-state index contributed by atoms with van der Waals surface area (Å²) in [4.78, 5) is 0. The number of hydrogen-bond acceptors (Lipinski definition) is 1. The van der Waals surface area contributed by atoms with E-state index in [2.05, 4.69) is 57.4 Å². The van der Waals surface area contributed by atoms with Gasteiger partial charge in [0.2, 0.25) is 0 Å². The van der Waals surface area contributed by atoms with Crippen molar-refractivity contribution >= 4 is 17.8 Å². The quantitative estimate of drug-likeness (QED) is 0.234. The predicted molar refractivity (Wildman–Crippen MR) is 103 cm³/mol. The number of hydrogen-bond donors (Lipinski definition) is 0. The van der Waals surface area contributed by atoms with E-state index in [0.29, 0.717) is 0 Å². The summed E-state index contributed by atoms with van der Waals surface area (Å²) in [7, 11) is 0. The zero-order valence-electron chi connectivity index (χ0n) is 14.3. The molecule has 118 valence electrons. The van der Waals surface area contributed by atoms with Gasteiger partial charge in [0.25, 0.3) is 0 Å². The third-order valence-corrected chi connectivity index (χ3v) is 8.57. The van der Waals surface area contributed by atoms with Crippen LogP contribution < -0.4 is 0 Å². The molecule has 0 bridgehead atoms. The molecule has 0 aliphatic heterocycles. The van der Waals surface area contributed by atoms with Gasteiger partial charge in [-0.25, -0.2) is 0 Å². The van der Waals surface area contributed by atoms with Gasteiger partial charge in [0.05, 0.1) is 0 Å². The van der Waals surface area contributed by atoms with E-state index in [0.717, 1.165) is 38.5 Å². The lowest BCUT2D eigenvalue weighted by Gasteiger charge is -2.26. The van der Waals surface area contributed by atoms with Crippen LogP contribution in [0.1, 0.15) is 72.1 Å². The molecule has 0 nitrogen and oxygen atoms in total. The van der Waals surface area contributed by atoms with Crippen molar-refractivity contribution in [2.24, 2.45) is 0 Å². The van der Waals surface area contributed by atoms with Crippen LogP contribution in [0.3, 0.4) is 0 Å². The summed E-state index contributed by atoms with van der Waals surface area (Å²) in [5, 5.41) is 0.159. The predicted octanol–water partition coefficient (Wildman–Crippen LogP) is 6.17. The van der Waals surface area contributed by atoms with Crippen molar-refractivity contribution in [1.82, 2.24) is 0 Å². The molecule has 0 fully saturated rings. The maximum absolute atomic E-state index is 5.67. The van der Waals surface area contributed by atoms with Gasteiger partial charge < -0.3 is 0 Å². The van der Waals surface area contributed by atoms with E-state index in [-0.39, 0.29) is 5.16 Å². The Bertz CT molecular complexity index is 460. The lowest BCUT2D eigenvalue weighted by atomic mass is 10.1. The van der Waals surface area contributed by atoms with E-state index in [1.54, 1.807) is 0 Å². The standard InChI is InChI=1S/C19H31PS/c1-6-7-8-9-10-11-12-13-14-15-16-17-18-20(5,21)19(2,3)4/h6H,1,7-10,13-16H2,2-5H3. The number of allylic oxidation sites excluding steroid dienone is 1. The summed E-state index contributed by atoms with van der Waals surface area (Å²) in [6.07, 6.45) is 10.8. The topological polar surface area (TPSA) is 0 Å². The van der Waals surface area contributed by atoms with Crippen molar-refractivity contribution in [3.8, 4) is 23.4 Å². The van der Waals surface area contributed by atoms with E-state index < -0.39 is 6.04 Å². The second kappa shape index (κ2) is 11.1. The van der Waals surface area contributed by atoms with Crippen molar-refractivity contribution in [3.63, 3.8) is 0 Å². The smallest absolute Gasteiger partial charge is 0.0258 e. The fraction of sp³-hybridized carbons (Fsp3) is 0.684. The van der Waals surface area contributed by atoms with Gasteiger partial charge in [-0.05, 0) is 38.8 Å². The molecule has 1 atom stereocenters. The number of rotatable bonds is 7. The molecule has 21 heavy (non-hydrogen) atoms. The van der Waals surface area contributed by atoms with Crippen molar-refractivity contribution in [3.05, 3.63) is 12.7 Å². The minimum absolute atomic E-state index is 0.159. The zero-order valence-corrected chi connectivity index (χ0v) is 16.0. The van der Waals surface area contributed by atoms with Crippen molar-refractivity contribution in [1.29, 1.82) is 0 Å². The minimum Gasteiger partial charge on any atom is -0.103 e.